The van der Waals surface area contributed by atoms with Crippen molar-refractivity contribution in [2.24, 2.45) is 0 Å². The monoisotopic (exact) mass is 290 g/mol. The Bertz CT molecular complexity index is 493. The van der Waals surface area contributed by atoms with Crippen molar-refractivity contribution in [3.63, 3.8) is 0 Å². The lowest BCUT2D eigenvalue weighted by Gasteiger charge is -2.35. The quantitative estimate of drug-likeness (QED) is 0.837. The first kappa shape index (κ1) is 15.8. The number of nitrogen functional groups attached to an aromatic ring is 1. The Hall–Kier alpha value is -1.59. The fraction of sp³-hybridized carbons (Fsp3) is 0.562. The highest BCUT2D eigenvalue weighted by molar-refractivity contribution is 5.99. The molecule has 1 saturated heterocycles. The molecule has 1 heterocycles. The molecule has 116 valence electrons. The number of piperazine rings is 1. The van der Waals surface area contributed by atoms with Gasteiger partial charge in [-0.05, 0) is 32.6 Å². The standard InChI is InChI=1S/C16H26N4O/c1-13-5-4-6-14(15(13)17)16(21)20-11-9-19(10-12-20)8-7-18(2)3/h4-6H,7-12,17H2,1-3H3. The molecular formula is C16H26N4O. The van der Waals surface area contributed by atoms with Crippen molar-refractivity contribution in [1.29, 1.82) is 0 Å². The van der Waals surface area contributed by atoms with Crippen LogP contribution in [0.3, 0.4) is 0 Å². The molecule has 0 atom stereocenters. The summed E-state index contributed by atoms with van der Waals surface area (Å²) in [6.07, 6.45) is 0. The molecule has 0 saturated carbocycles. The summed E-state index contributed by atoms with van der Waals surface area (Å²) in [7, 11) is 4.17. The second-order valence-electron chi connectivity index (χ2n) is 5.97. The molecule has 1 fully saturated rings. The third-order valence-electron chi connectivity index (χ3n) is 4.08. The van der Waals surface area contributed by atoms with Gasteiger partial charge < -0.3 is 15.5 Å². The average molecular weight is 290 g/mol. The number of nitrogens with zero attached hydrogens (tertiary/aromatic N) is 3. The van der Waals surface area contributed by atoms with Gasteiger partial charge in [-0.3, -0.25) is 9.69 Å². The molecular weight excluding hydrogens is 264 g/mol. The Labute approximate surface area is 127 Å². The van der Waals surface area contributed by atoms with Crippen LogP contribution in [0.5, 0.6) is 0 Å². The maximum Gasteiger partial charge on any atom is 0.256 e. The van der Waals surface area contributed by atoms with E-state index in [1.165, 1.54) is 0 Å². The van der Waals surface area contributed by atoms with Gasteiger partial charge in [-0.15, -0.1) is 0 Å². The van der Waals surface area contributed by atoms with Crippen LogP contribution in [0.15, 0.2) is 18.2 Å². The second-order valence-corrected chi connectivity index (χ2v) is 5.97. The topological polar surface area (TPSA) is 52.8 Å². The van der Waals surface area contributed by atoms with Gasteiger partial charge in [0, 0.05) is 45.0 Å². The van der Waals surface area contributed by atoms with Gasteiger partial charge in [0.1, 0.15) is 0 Å². The largest absolute Gasteiger partial charge is 0.398 e. The molecule has 5 nitrogen and oxygen atoms in total. The zero-order valence-corrected chi connectivity index (χ0v) is 13.3. The Morgan fingerprint density at radius 3 is 2.52 bits per heavy atom. The molecule has 5 heteroatoms. The van der Waals surface area contributed by atoms with Crippen molar-refractivity contribution in [1.82, 2.24) is 14.7 Å². The fourth-order valence-corrected chi connectivity index (χ4v) is 2.55. The molecule has 1 aliphatic rings. The minimum Gasteiger partial charge on any atom is -0.398 e. The van der Waals surface area contributed by atoms with Crippen LogP contribution in [0.25, 0.3) is 0 Å². The number of nitrogens with two attached hydrogens (primary N) is 1. The van der Waals surface area contributed by atoms with Gasteiger partial charge in [0.2, 0.25) is 0 Å². The molecule has 0 spiro atoms. The number of hydrogen-bond donors (Lipinski definition) is 1. The first-order valence-corrected chi connectivity index (χ1v) is 7.50. The summed E-state index contributed by atoms with van der Waals surface area (Å²) in [5.74, 6) is 0.0588. The van der Waals surface area contributed by atoms with Gasteiger partial charge in [-0.25, -0.2) is 0 Å². The highest BCUT2D eigenvalue weighted by Gasteiger charge is 2.23. The van der Waals surface area contributed by atoms with Gasteiger partial charge in [0.15, 0.2) is 0 Å². The number of carbonyl (C=O) groups is 1. The lowest BCUT2D eigenvalue weighted by atomic mass is 10.1. The predicted octanol–water partition coefficient (Wildman–Crippen LogP) is 0.897. The van der Waals surface area contributed by atoms with E-state index in [1.54, 1.807) is 0 Å². The van der Waals surface area contributed by atoms with Crippen LogP contribution in [0.4, 0.5) is 5.69 Å². The molecule has 21 heavy (non-hydrogen) atoms. The summed E-state index contributed by atoms with van der Waals surface area (Å²) >= 11 is 0. The van der Waals surface area contributed by atoms with E-state index in [4.69, 9.17) is 5.73 Å². The molecule has 0 aliphatic carbocycles. The summed E-state index contributed by atoms with van der Waals surface area (Å²) in [5.41, 5.74) is 8.24. The Morgan fingerprint density at radius 2 is 1.90 bits per heavy atom. The third-order valence-corrected chi connectivity index (χ3v) is 4.08. The van der Waals surface area contributed by atoms with Crippen molar-refractivity contribution in [3.05, 3.63) is 29.3 Å². The maximum absolute atomic E-state index is 12.6. The molecule has 0 bridgehead atoms. The van der Waals surface area contributed by atoms with E-state index < -0.39 is 0 Å². The van der Waals surface area contributed by atoms with E-state index in [-0.39, 0.29) is 5.91 Å². The van der Waals surface area contributed by atoms with Crippen LogP contribution in [-0.2, 0) is 0 Å². The number of likely N-dealkylation sites (N-methyl/N-ethyl adjacent to an activating group) is 1. The van der Waals surface area contributed by atoms with Crippen molar-refractivity contribution in [3.8, 4) is 0 Å². The van der Waals surface area contributed by atoms with Crippen molar-refractivity contribution < 1.29 is 4.79 Å². The highest BCUT2D eigenvalue weighted by Crippen LogP contribution is 2.19. The number of rotatable bonds is 4. The van der Waals surface area contributed by atoms with Crippen LogP contribution >= 0.6 is 0 Å². The van der Waals surface area contributed by atoms with Crippen LogP contribution in [0.1, 0.15) is 15.9 Å². The van der Waals surface area contributed by atoms with E-state index in [1.807, 2.05) is 30.0 Å². The first-order chi connectivity index (χ1) is 9.99. The molecule has 1 aliphatic heterocycles. The number of amides is 1. The summed E-state index contributed by atoms with van der Waals surface area (Å²) in [6.45, 7) is 7.47. The average Bonchev–Trinajstić information content (AvgIpc) is 2.48. The molecule has 0 unspecified atom stereocenters. The molecule has 0 radical (unpaired) electrons. The fourth-order valence-electron chi connectivity index (χ4n) is 2.55. The van der Waals surface area contributed by atoms with Crippen LogP contribution in [0, 0.1) is 6.92 Å². The minimum absolute atomic E-state index is 0.0588. The molecule has 2 N–H and O–H groups in total. The van der Waals surface area contributed by atoms with Crippen LogP contribution in [0.2, 0.25) is 0 Å². The lowest BCUT2D eigenvalue weighted by Crippen LogP contribution is -2.50. The zero-order chi connectivity index (χ0) is 15.4. The van der Waals surface area contributed by atoms with E-state index in [9.17, 15) is 4.79 Å². The van der Waals surface area contributed by atoms with Crippen molar-refractivity contribution >= 4 is 11.6 Å². The zero-order valence-electron chi connectivity index (χ0n) is 13.3. The van der Waals surface area contributed by atoms with Gasteiger partial charge in [-0.1, -0.05) is 12.1 Å². The summed E-state index contributed by atoms with van der Waals surface area (Å²) in [4.78, 5) is 19.1. The van der Waals surface area contributed by atoms with Gasteiger partial charge in [-0.2, -0.15) is 0 Å². The number of para-hydroxylation sites is 1. The summed E-state index contributed by atoms with van der Waals surface area (Å²) in [6, 6.07) is 5.65. The van der Waals surface area contributed by atoms with Crippen molar-refractivity contribution in [2.75, 3.05) is 59.1 Å². The van der Waals surface area contributed by atoms with Crippen molar-refractivity contribution in [2.45, 2.75) is 6.92 Å². The maximum atomic E-state index is 12.6. The minimum atomic E-state index is 0.0588. The normalized spacial score (nSPS) is 16.5. The molecule has 1 amide bonds. The van der Waals surface area contributed by atoms with E-state index in [0.717, 1.165) is 44.8 Å². The van der Waals surface area contributed by atoms with E-state index in [0.29, 0.717) is 11.3 Å². The smallest absolute Gasteiger partial charge is 0.256 e. The number of anilines is 1. The number of benzene rings is 1. The molecule has 1 aromatic rings. The number of hydrogen-bond acceptors (Lipinski definition) is 4. The second kappa shape index (κ2) is 6.91. The van der Waals surface area contributed by atoms with Crippen LogP contribution in [-0.4, -0.2) is 74.0 Å². The molecule has 2 rings (SSSR count). The van der Waals surface area contributed by atoms with Gasteiger partial charge in [0.25, 0.3) is 5.91 Å². The Morgan fingerprint density at radius 1 is 1.24 bits per heavy atom. The lowest BCUT2D eigenvalue weighted by molar-refractivity contribution is 0.0630. The predicted molar refractivity (Wildman–Crippen MR) is 86.5 cm³/mol. The highest BCUT2D eigenvalue weighted by atomic mass is 16.2. The van der Waals surface area contributed by atoms with E-state index >= 15 is 0 Å². The summed E-state index contributed by atoms with van der Waals surface area (Å²) in [5, 5.41) is 0. The first-order valence-electron chi connectivity index (χ1n) is 7.50. The Balaban J connectivity index is 1.93. The number of carbonyl (C=O) groups excluding carboxylic acids is 1. The number of aryl methyl sites for hydroxylation is 1. The summed E-state index contributed by atoms with van der Waals surface area (Å²) < 4.78 is 0. The molecule has 0 aromatic heterocycles. The third kappa shape index (κ3) is 3.95. The van der Waals surface area contributed by atoms with Crippen LogP contribution < -0.4 is 5.73 Å². The van der Waals surface area contributed by atoms with E-state index in [2.05, 4.69) is 23.9 Å². The Kier molecular flexibility index (Phi) is 5.20. The van der Waals surface area contributed by atoms with Gasteiger partial charge in [0.05, 0.1) is 5.56 Å². The molecule has 1 aromatic carbocycles. The van der Waals surface area contributed by atoms with Gasteiger partial charge >= 0.3 is 0 Å². The SMILES string of the molecule is Cc1cccc(C(=O)N2CCN(CCN(C)C)CC2)c1N.